The van der Waals surface area contributed by atoms with E-state index in [1.165, 1.54) is 7.11 Å². The molecular formula is C17H25ClN2O4. The zero-order valence-electron chi connectivity index (χ0n) is 14.2. The quantitative estimate of drug-likeness (QED) is 0.787. The van der Waals surface area contributed by atoms with Crippen LogP contribution in [0.4, 0.5) is 5.69 Å². The molecule has 0 aliphatic carbocycles. The lowest BCUT2D eigenvalue weighted by molar-refractivity contribution is -0.146. The maximum absolute atomic E-state index is 12.2. The van der Waals surface area contributed by atoms with Crippen molar-refractivity contribution in [1.29, 1.82) is 0 Å². The summed E-state index contributed by atoms with van der Waals surface area (Å²) < 4.78 is 10.4. The average Bonchev–Trinajstić information content (AvgIpc) is 3.03. The summed E-state index contributed by atoms with van der Waals surface area (Å²) in [6, 6.07) is 7.16. The Morgan fingerprint density at radius 3 is 2.42 bits per heavy atom. The molecule has 1 saturated heterocycles. The van der Waals surface area contributed by atoms with Crippen LogP contribution in [0.25, 0.3) is 0 Å². The van der Waals surface area contributed by atoms with E-state index >= 15 is 0 Å². The first kappa shape index (κ1) is 20.4. The van der Waals surface area contributed by atoms with Gasteiger partial charge in [-0.2, -0.15) is 0 Å². The summed E-state index contributed by atoms with van der Waals surface area (Å²) in [4.78, 5) is 24.0. The van der Waals surface area contributed by atoms with E-state index in [0.29, 0.717) is 18.7 Å². The van der Waals surface area contributed by atoms with Gasteiger partial charge in [0.05, 0.1) is 18.6 Å². The maximum atomic E-state index is 12.2. The highest BCUT2D eigenvalue weighted by atomic mass is 35.5. The lowest BCUT2D eigenvalue weighted by Crippen LogP contribution is -2.31. The number of hydrogen-bond acceptors (Lipinski definition) is 5. The van der Waals surface area contributed by atoms with Crippen molar-refractivity contribution in [3.8, 4) is 0 Å². The van der Waals surface area contributed by atoms with Crippen LogP contribution in [0.3, 0.4) is 0 Å². The Labute approximate surface area is 148 Å². The van der Waals surface area contributed by atoms with E-state index in [0.717, 1.165) is 12.0 Å². The number of esters is 1. The standard InChI is InChI=1S/C17H24N2O4.ClH/c1-17(2,16(21)22-3)11-4-6-12(7-5-11)19-15(20)14-9-8-13(10-18)23-14;/h4-7,13-14H,8-10,18H2,1-3H3,(H,19,20);1H/t13-,14+;/m1./s1. The Balaban J connectivity index is 0.00000288. The van der Waals surface area contributed by atoms with Crippen LogP contribution in [0.2, 0.25) is 0 Å². The van der Waals surface area contributed by atoms with Crippen molar-refractivity contribution in [2.24, 2.45) is 5.73 Å². The Bertz CT molecular complexity index is 574. The topological polar surface area (TPSA) is 90.7 Å². The van der Waals surface area contributed by atoms with Crippen LogP contribution in [0.15, 0.2) is 24.3 Å². The molecule has 6 nitrogen and oxygen atoms in total. The predicted molar refractivity (Wildman–Crippen MR) is 94.3 cm³/mol. The molecule has 1 aliphatic rings. The first-order valence-electron chi connectivity index (χ1n) is 7.74. The van der Waals surface area contributed by atoms with Gasteiger partial charge in [0, 0.05) is 12.2 Å². The molecule has 3 N–H and O–H groups in total. The van der Waals surface area contributed by atoms with E-state index in [1.54, 1.807) is 26.0 Å². The van der Waals surface area contributed by atoms with Crippen molar-refractivity contribution in [2.45, 2.75) is 44.3 Å². The van der Waals surface area contributed by atoms with Crippen molar-refractivity contribution in [1.82, 2.24) is 0 Å². The molecule has 134 valence electrons. The molecular weight excluding hydrogens is 332 g/mol. The summed E-state index contributed by atoms with van der Waals surface area (Å²) in [5, 5.41) is 2.83. The molecule has 1 aromatic carbocycles. The second-order valence-corrected chi connectivity index (χ2v) is 6.24. The summed E-state index contributed by atoms with van der Waals surface area (Å²) in [6.45, 7) is 4.03. The molecule has 0 spiro atoms. The summed E-state index contributed by atoms with van der Waals surface area (Å²) in [6.07, 6.45) is 1.01. The number of hydrogen-bond donors (Lipinski definition) is 2. The van der Waals surface area contributed by atoms with E-state index in [1.807, 2.05) is 12.1 Å². The Morgan fingerprint density at radius 2 is 1.92 bits per heavy atom. The van der Waals surface area contributed by atoms with Crippen LogP contribution >= 0.6 is 12.4 Å². The second kappa shape index (κ2) is 8.46. The van der Waals surface area contributed by atoms with Gasteiger partial charge < -0.3 is 20.5 Å². The summed E-state index contributed by atoms with van der Waals surface area (Å²) in [5.41, 5.74) is 6.30. The monoisotopic (exact) mass is 356 g/mol. The smallest absolute Gasteiger partial charge is 0.315 e. The number of halogens is 1. The lowest BCUT2D eigenvalue weighted by Gasteiger charge is -2.22. The molecule has 1 amide bonds. The van der Waals surface area contributed by atoms with Crippen molar-refractivity contribution in [2.75, 3.05) is 19.0 Å². The zero-order chi connectivity index (χ0) is 17.0. The van der Waals surface area contributed by atoms with Crippen molar-refractivity contribution in [3.05, 3.63) is 29.8 Å². The van der Waals surface area contributed by atoms with E-state index in [2.05, 4.69) is 5.32 Å². The van der Waals surface area contributed by atoms with E-state index in [4.69, 9.17) is 15.2 Å². The fourth-order valence-corrected chi connectivity index (χ4v) is 2.64. The van der Waals surface area contributed by atoms with Crippen LogP contribution < -0.4 is 11.1 Å². The van der Waals surface area contributed by atoms with Crippen LogP contribution in [0.1, 0.15) is 32.3 Å². The third-order valence-corrected chi connectivity index (χ3v) is 4.23. The number of amides is 1. The Hall–Kier alpha value is -1.63. The number of anilines is 1. The van der Waals surface area contributed by atoms with Gasteiger partial charge in [-0.3, -0.25) is 9.59 Å². The van der Waals surface area contributed by atoms with Gasteiger partial charge >= 0.3 is 5.97 Å². The van der Waals surface area contributed by atoms with Gasteiger partial charge in [0.2, 0.25) is 0 Å². The number of carbonyl (C=O) groups is 2. The largest absolute Gasteiger partial charge is 0.468 e. The van der Waals surface area contributed by atoms with E-state index < -0.39 is 11.5 Å². The van der Waals surface area contributed by atoms with Crippen molar-refractivity contribution < 1.29 is 19.1 Å². The second-order valence-electron chi connectivity index (χ2n) is 6.24. The SMILES string of the molecule is COC(=O)C(C)(C)c1ccc(NC(=O)[C@@H]2CC[C@H](CN)O2)cc1.Cl. The molecule has 24 heavy (non-hydrogen) atoms. The van der Waals surface area contributed by atoms with E-state index in [9.17, 15) is 9.59 Å². The fraction of sp³-hybridized carbons (Fsp3) is 0.529. The molecule has 0 saturated carbocycles. The van der Waals surface area contributed by atoms with E-state index in [-0.39, 0.29) is 30.4 Å². The predicted octanol–water partition coefficient (Wildman–Crippen LogP) is 2.00. The van der Waals surface area contributed by atoms with Crippen LogP contribution in [-0.2, 0) is 24.5 Å². The highest BCUT2D eigenvalue weighted by Crippen LogP contribution is 2.26. The first-order valence-corrected chi connectivity index (χ1v) is 7.74. The number of nitrogens with two attached hydrogens (primary N) is 1. The molecule has 1 fully saturated rings. The molecule has 2 rings (SSSR count). The first-order chi connectivity index (χ1) is 10.9. The van der Waals surface area contributed by atoms with Crippen molar-refractivity contribution >= 4 is 30.0 Å². The molecule has 0 unspecified atom stereocenters. The summed E-state index contributed by atoms with van der Waals surface area (Å²) >= 11 is 0. The number of benzene rings is 1. The molecule has 1 heterocycles. The van der Waals surface area contributed by atoms with Gasteiger partial charge in [-0.15, -0.1) is 12.4 Å². The zero-order valence-corrected chi connectivity index (χ0v) is 15.0. The highest BCUT2D eigenvalue weighted by molar-refractivity contribution is 5.94. The molecule has 1 aromatic rings. The van der Waals surface area contributed by atoms with Crippen LogP contribution in [0, 0.1) is 0 Å². The minimum atomic E-state index is -0.736. The van der Waals surface area contributed by atoms with Crippen molar-refractivity contribution in [3.63, 3.8) is 0 Å². The number of methoxy groups -OCH3 is 1. The third-order valence-electron chi connectivity index (χ3n) is 4.23. The molecule has 1 aliphatic heterocycles. The maximum Gasteiger partial charge on any atom is 0.315 e. The summed E-state index contributed by atoms with van der Waals surface area (Å²) in [7, 11) is 1.37. The van der Waals surface area contributed by atoms with Gasteiger partial charge in [0.15, 0.2) is 0 Å². The van der Waals surface area contributed by atoms with Crippen LogP contribution in [-0.4, -0.2) is 37.7 Å². The average molecular weight is 357 g/mol. The van der Waals surface area contributed by atoms with Gasteiger partial charge in [-0.05, 0) is 44.4 Å². The minimum Gasteiger partial charge on any atom is -0.468 e. The lowest BCUT2D eigenvalue weighted by atomic mass is 9.85. The molecule has 0 bridgehead atoms. The number of carbonyl (C=O) groups excluding carboxylic acids is 2. The Morgan fingerprint density at radius 1 is 1.29 bits per heavy atom. The molecule has 0 aromatic heterocycles. The van der Waals surface area contributed by atoms with Crippen LogP contribution in [0.5, 0.6) is 0 Å². The number of rotatable bonds is 5. The molecule has 0 radical (unpaired) electrons. The molecule has 2 atom stereocenters. The summed E-state index contributed by atoms with van der Waals surface area (Å²) in [5.74, 6) is -0.470. The van der Waals surface area contributed by atoms with Gasteiger partial charge in [-0.25, -0.2) is 0 Å². The van der Waals surface area contributed by atoms with Gasteiger partial charge in [0.25, 0.3) is 5.91 Å². The Kier molecular flexibility index (Phi) is 7.20. The molecule has 7 heteroatoms. The normalized spacial score (nSPS) is 20.2. The number of nitrogens with one attached hydrogen (secondary N) is 1. The van der Waals surface area contributed by atoms with Gasteiger partial charge in [0.1, 0.15) is 6.10 Å². The number of ether oxygens (including phenoxy) is 2. The van der Waals surface area contributed by atoms with Gasteiger partial charge in [-0.1, -0.05) is 12.1 Å². The fourth-order valence-electron chi connectivity index (χ4n) is 2.64. The highest BCUT2D eigenvalue weighted by Gasteiger charge is 2.31. The minimum absolute atomic E-state index is 0. The third kappa shape index (κ3) is 4.47.